The van der Waals surface area contributed by atoms with Gasteiger partial charge in [-0.05, 0) is 66.3 Å². The molecule has 0 amide bonds. The molecule has 0 unspecified atom stereocenters. The van der Waals surface area contributed by atoms with Crippen molar-refractivity contribution in [2.45, 2.75) is 51.2 Å². The van der Waals surface area contributed by atoms with E-state index in [1.165, 1.54) is 26.5 Å². The van der Waals surface area contributed by atoms with Crippen molar-refractivity contribution < 1.29 is 0 Å². The van der Waals surface area contributed by atoms with Gasteiger partial charge >= 0.3 is 0 Å². The Hall–Kier alpha value is -1.39. The third-order valence-electron chi connectivity index (χ3n) is 3.67. The molecule has 0 saturated carbocycles. The van der Waals surface area contributed by atoms with Crippen molar-refractivity contribution in [3.05, 3.63) is 58.2 Å². The van der Waals surface area contributed by atoms with Crippen LogP contribution in [0, 0.1) is 20.8 Å². The molecular formula is C19H26N2S2. The Labute approximate surface area is 148 Å². The zero-order valence-electron chi connectivity index (χ0n) is 14.8. The molecular weight excluding hydrogens is 320 g/mol. The van der Waals surface area contributed by atoms with Gasteiger partial charge < -0.3 is 10.0 Å². The van der Waals surface area contributed by atoms with Gasteiger partial charge in [0, 0.05) is 5.69 Å². The molecule has 0 aliphatic carbocycles. The van der Waals surface area contributed by atoms with Crippen LogP contribution >= 0.6 is 23.3 Å². The number of rotatable bonds is 5. The highest BCUT2D eigenvalue weighted by molar-refractivity contribution is 7.99. The first-order valence-electron chi connectivity index (χ1n) is 7.72. The molecule has 2 aromatic rings. The van der Waals surface area contributed by atoms with Gasteiger partial charge in [-0.1, -0.05) is 45.0 Å². The van der Waals surface area contributed by atoms with Gasteiger partial charge in [-0.3, -0.25) is 0 Å². The summed E-state index contributed by atoms with van der Waals surface area (Å²) in [6.45, 7) is 17.2. The fraction of sp³-hybridized carbons (Fsp3) is 0.368. The van der Waals surface area contributed by atoms with Crippen LogP contribution in [0.15, 0.2) is 40.2 Å². The fourth-order valence-corrected chi connectivity index (χ4v) is 4.21. The second kappa shape index (κ2) is 7.02. The Morgan fingerprint density at radius 3 is 2.22 bits per heavy atom. The molecule has 2 rings (SSSR count). The van der Waals surface area contributed by atoms with Gasteiger partial charge in [-0.2, -0.15) is 0 Å². The molecule has 1 aromatic heterocycles. The molecule has 0 aliphatic rings. The average molecular weight is 347 g/mol. The first-order valence-corrected chi connectivity index (χ1v) is 9.42. The van der Waals surface area contributed by atoms with Crippen molar-refractivity contribution in [3.63, 3.8) is 0 Å². The average Bonchev–Trinajstić information content (AvgIpc) is 2.89. The van der Waals surface area contributed by atoms with Gasteiger partial charge in [-0.25, -0.2) is 0 Å². The van der Waals surface area contributed by atoms with Crippen LogP contribution in [0.25, 0.3) is 0 Å². The van der Waals surface area contributed by atoms with E-state index in [0.29, 0.717) is 0 Å². The summed E-state index contributed by atoms with van der Waals surface area (Å²) in [6.07, 6.45) is 0. The van der Waals surface area contributed by atoms with Crippen molar-refractivity contribution in [2.24, 2.45) is 0 Å². The fourth-order valence-electron chi connectivity index (χ4n) is 2.43. The molecule has 0 atom stereocenters. The van der Waals surface area contributed by atoms with Gasteiger partial charge in [0.2, 0.25) is 0 Å². The Morgan fingerprint density at radius 1 is 1.09 bits per heavy atom. The Bertz CT molecular complexity index is 685. The molecule has 23 heavy (non-hydrogen) atoms. The highest BCUT2D eigenvalue weighted by atomic mass is 32.2. The van der Waals surface area contributed by atoms with Gasteiger partial charge in [-0.15, -0.1) is 11.3 Å². The van der Waals surface area contributed by atoms with Crippen LogP contribution in [0.1, 0.15) is 43.0 Å². The first-order chi connectivity index (χ1) is 10.7. The SMILES string of the molecule is C=C(NSc1cc(C(C)(C)C)cs1)Nc1c(C)cc(C)cc1C. The zero-order valence-corrected chi connectivity index (χ0v) is 16.5. The van der Waals surface area contributed by atoms with E-state index < -0.39 is 0 Å². The first kappa shape index (κ1) is 18.0. The highest BCUT2D eigenvalue weighted by Crippen LogP contribution is 2.32. The van der Waals surface area contributed by atoms with Crippen LogP contribution in [-0.4, -0.2) is 0 Å². The summed E-state index contributed by atoms with van der Waals surface area (Å²) in [4.78, 5) is 0. The standard InChI is InChI=1S/C19H26N2S2/c1-12-8-13(2)18(14(3)9-12)20-15(4)21-23-17-10-16(11-22-17)19(5,6)7/h8-11,20-21H,4H2,1-3,5-7H3. The number of aryl methyl sites for hydroxylation is 3. The van der Waals surface area contributed by atoms with E-state index in [2.05, 4.69) is 81.7 Å². The smallest absolute Gasteiger partial charge is 0.106 e. The third-order valence-corrected chi connectivity index (χ3v) is 5.60. The predicted molar refractivity (Wildman–Crippen MR) is 105 cm³/mol. The van der Waals surface area contributed by atoms with Crippen molar-refractivity contribution >= 4 is 29.0 Å². The van der Waals surface area contributed by atoms with Crippen LogP contribution in [-0.2, 0) is 5.41 Å². The molecule has 124 valence electrons. The molecule has 0 saturated heterocycles. The van der Waals surface area contributed by atoms with E-state index in [4.69, 9.17) is 0 Å². The van der Waals surface area contributed by atoms with Gasteiger partial charge in [0.15, 0.2) is 0 Å². The molecule has 0 fully saturated rings. The summed E-state index contributed by atoms with van der Waals surface area (Å²) in [5, 5.41) is 5.62. The molecule has 0 radical (unpaired) electrons. The summed E-state index contributed by atoms with van der Waals surface area (Å²) in [5.74, 6) is 0.802. The minimum absolute atomic E-state index is 0.195. The lowest BCUT2D eigenvalue weighted by molar-refractivity contribution is 0.592. The molecule has 1 aromatic carbocycles. The lowest BCUT2D eigenvalue weighted by Crippen LogP contribution is -2.12. The van der Waals surface area contributed by atoms with Crippen LogP contribution < -0.4 is 10.0 Å². The van der Waals surface area contributed by atoms with Crippen molar-refractivity contribution in [3.8, 4) is 0 Å². The van der Waals surface area contributed by atoms with E-state index in [1.807, 2.05) is 0 Å². The molecule has 0 aliphatic heterocycles. The van der Waals surface area contributed by atoms with E-state index in [1.54, 1.807) is 23.3 Å². The number of benzene rings is 1. The Balaban J connectivity index is 1.97. The summed E-state index contributed by atoms with van der Waals surface area (Å²) in [6, 6.07) is 6.62. The number of nitrogens with one attached hydrogen (secondary N) is 2. The second-order valence-corrected chi connectivity index (χ2v) is 9.00. The maximum absolute atomic E-state index is 4.09. The van der Waals surface area contributed by atoms with Gasteiger partial charge in [0.05, 0.1) is 4.21 Å². The van der Waals surface area contributed by atoms with E-state index in [9.17, 15) is 0 Å². The van der Waals surface area contributed by atoms with Crippen LogP contribution in [0.4, 0.5) is 5.69 Å². The Morgan fingerprint density at radius 2 is 1.70 bits per heavy atom. The van der Waals surface area contributed by atoms with E-state index in [-0.39, 0.29) is 5.41 Å². The molecule has 1 heterocycles. The molecule has 4 heteroatoms. The van der Waals surface area contributed by atoms with Crippen LogP contribution in [0.3, 0.4) is 0 Å². The highest BCUT2D eigenvalue weighted by Gasteiger charge is 2.15. The summed E-state index contributed by atoms with van der Waals surface area (Å²) in [5.41, 5.74) is 6.46. The number of anilines is 1. The minimum Gasteiger partial charge on any atom is -0.341 e. The van der Waals surface area contributed by atoms with Crippen molar-refractivity contribution in [1.29, 1.82) is 0 Å². The van der Waals surface area contributed by atoms with Crippen molar-refractivity contribution in [2.75, 3.05) is 5.32 Å². The maximum Gasteiger partial charge on any atom is 0.106 e. The summed E-state index contributed by atoms with van der Waals surface area (Å²) in [7, 11) is 0. The quantitative estimate of drug-likeness (QED) is 0.635. The van der Waals surface area contributed by atoms with Crippen LogP contribution in [0.2, 0.25) is 0 Å². The molecule has 0 bridgehead atoms. The van der Waals surface area contributed by atoms with E-state index >= 15 is 0 Å². The minimum atomic E-state index is 0.195. The summed E-state index contributed by atoms with van der Waals surface area (Å²) >= 11 is 3.37. The number of hydrogen-bond acceptors (Lipinski definition) is 4. The number of hydrogen-bond donors (Lipinski definition) is 2. The van der Waals surface area contributed by atoms with Crippen molar-refractivity contribution in [1.82, 2.24) is 4.72 Å². The predicted octanol–water partition coefficient (Wildman–Crippen LogP) is 6.15. The maximum atomic E-state index is 4.09. The van der Waals surface area contributed by atoms with Gasteiger partial charge in [0.25, 0.3) is 0 Å². The molecule has 2 nitrogen and oxygen atoms in total. The molecule has 2 N–H and O–H groups in total. The van der Waals surface area contributed by atoms with Crippen LogP contribution in [0.5, 0.6) is 0 Å². The third kappa shape index (κ3) is 4.79. The lowest BCUT2D eigenvalue weighted by atomic mass is 9.90. The lowest BCUT2D eigenvalue weighted by Gasteiger charge is -2.16. The summed E-state index contributed by atoms with van der Waals surface area (Å²) < 4.78 is 4.55. The zero-order chi connectivity index (χ0) is 17.2. The molecule has 0 spiro atoms. The number of thiophene rings is 1. The second-order valence-electron chi connectivity index (χ2n) is 6.99. The topological polar surface area (TPSA) is 24.1 Å². The normalized spacial score (nSPS) is 11.4. The monoisotopic (exact) mass is 346 g/mol. The van der Waals surface area contributed by atoms with E-state index in [0.717, 1.165) is 11.5 Å². The largest absolute Gasteiger partial charge is 0.341 e. The van der Waals surface area contributed by atoms with Gasteiger partial charge in [0.1, 0.15) is 5.82 Å². The Kier molecular flexibility index (Phi) is 5.48.